The Hall–Kier alpha value is -1.60. The molecule has 6 nitrogen and oxygen atoms in total. The summed E-state index contributed by atoms with van der Waals surface area (Å²) in [6, 6.07) is 6.14. The number of carboxylic acid groups (broad SMARTS) is 1. The average Bonchev–Trinajstić information content (AvgIpc) is 2.47. The Kier molecular flexibility index (Phi) is 4.84. The van der Waals surface area contributed by atoms with Crippen molar-refractivity contribution in [1.29, 1.82) is 0 Å². The van der Waals surface area contributed by atoms with Crippen molar-refractivity contribution in [3.8, 4) is 0 Å². The van der Waals surface area contributed by atoms with E-state index in [-0.39, 0.29) is 6.54 Å². The molecule has 21 heavy (non-hydrogen) atoms. The van der Waals surface area contributed by atoms with Gasteiger partial charge in [0.1, 0.15) is 6.04 Å². The monoisotopic (exact) mass is 312 g/mol. The van der Waals surface area contributed by atoms with Crippen LogP contribution in [0.3, 0.4) is 0 Å². The van der Waals surface area contributed by atoms with Crippen molar-refractivity contribution in [3.63, 3.8) is 0 Å². The van der Waals surface area contributed by atoms with Crippen molar-refractivity contribution in [1.82, 2.24) is 4.31 Å². The third-order valence-corrected chi connectivity index (χ3v) is 5.18. The Balaban J connectivity index is 2.21. The van der Waals surface area contributed by atoms with E-state index in [1.54, 1.807) is 18.2 Å². The number of nitrogens with one attached hydrogen (secondary N) is 1. The third-order valence-electron chi connectivity index (χ3n) is 3.63. The van der Waals surface area contributed by atoms with Crippen molar-refractivity contribution in [3.05, 3.63) is 29.8 Å². The SMILES string of the molecule is CCc1cccc(NS(=O)(=O)N2CCCCC2C(=O)O)c1. The first-order valence-corrected chi connectivity index (χ1v) is 8.49. The number of aryl methyl sites for hydroxylation is 1. The van der Waals surface area contributed by atoms with Gasteiger partial charge in [-0.3, -0.25) is 9.52 Å². The number of anilines is 1. The van der Waals surface area contributed by atoms with Crippen LogP contribution in [0, 0.1) is 0 Å². The number of nitrogens with zero attached hydrogens (tertiary/aromatic N) is 1. The van der Waals surface area contributed by atoms with E-state index in [0.29, 0.717) is 18.5 Å². The lowest BCUT2D eigenvalue weighted by Crippen LogP contribution is -2.49. The maximum atomic E-state index is 12.4. The molecule has 1 fully saturated rings. The summed E-state index contributed by atoms with van der Waals surface area (Å²) >= 11 is 0. The zero-order valence-electron chi connectivity index (χ0n) is 11.9. The highest BCUT2D eigenvalue weighted by Gasteiger charge is 2.36. The highest BCUT2D eigenvalue weighted by molar-refractivity contribution is 7.90. The van der Waals surface area contributed by atoms with Gasteiger partial charge in [0.2, 0.25) is 0 Å². The van der Waals surface area contributed by atoms with Crippen molar-refractivity contribution in [2.45, 2.75) is 38.6 Å². The number of rotatable bonds is 5. The molecule has 1 heterocycles. The predicted molar refractivity (Wildman–Crippen MR) is 80.3 cm³/mol. The van der Waals surface area contributed by atoms with Gasteiger partial charge in [-0.05, 0) is 43.4 Å². The Labute approximate surface area is 125 Å². The Morgan fingerprint density at radius 1 is 1.43 bits per heavy atom. The summed E-state index contributed by atoms with van der Waals surface area (Å²) in [6.45, 7) is 2.22. The van der Waals surface area contributed by atoms with E-state index in [9.17, 15) is 18.3 Å². The molecule has 2 rings (SSSR count). The molecule has 7 heteroatoms. The molecular weight excluding hydrogens is 292 g/mol. The average molecular weight is 312 g/mol. The van der Waals surface area contributed by atoms with Crippen LogP contribution in [0.4, 0.5) is 5.69 Å². The number of aliphatic carboxylic acids is 1. The molecule has 0 aliphatic carbocycles. The number of piperidine rings is 1. The summed E-state index contributed by atoms with van der Waals surface area (Å²) in [7, 11) is -3.85. The van der Waals surface area contributed by atoms with Crippen molar-refractivity contribution >= 4 is 21.9 Å². The zero-order valence-corrected chi connectivity index (χ0v) is 12.8. The Morgan fingerprint density at radius 3 is 2.86 bits per heavy atom. The number of benzene rings is 1. The summed E-state index contributed by atoms with van der Waals surface area (Å²) in [5.41, 5.74) is 1.48. The summed E-state index contributed by atoms with van der Waals surface area (Å²) in [4.78, 5) is 11.2. The van der Waals surface area contributed by atoms with E-state index in [2.05, 4.69) is 4.72 Å². The van der Waals surface area contributed by atoms with Crippen LogP contribution in [0.25, 0.3) is 0 Å². The molecule has 0 saturated carbocycles. The quantitative estimate of drug-likeness (QED) is 0.868. The standard InChI is InChI=1S/C14H20N2O4S/c1-2-11-6-5-7-12(10-11)15-21(19,20)16-9-4-3-8-13(16)14(17)18/h5-7,10,13,15H,2-4,8-9H2,1H3,(H,17,18). The van der Waals surface area contributed by atoms with E-state index in [1.165, 1.54) is 0 Å². The number of carboxylic acids is 1. The largest absolute Gasteiger partial charge is 0.480 e. The lowest BCUT2D eigenvalue weighted by molar-refractivity contribution is -0.142. The predicted octanol–water partition coefficient (Wildman–Crippen LogP) is 1.84. The molecule has 1 saturated heterocycles. The minimum atomic E-state index is -3.85. The first-order chi connectivity index (χ1) is 9.94. The first-order valence-electron chi connectivity index (χ1n) is 7.05. The van der Waals surface area contributed by atoms with E-state index in [1.807, 2.05) is 13.0 Å². The summed E-state index contributed by atoms with van der Waals surface area (Å²) < 4.78 is 28.4. The van der Waals surface area contributed by atoms with E-state index in [4.69, 9.17) is 0 Å². The molecule has 2 N–H and O–H groups in total. The van der Waals surface area contributed by atoms with Gasteiger partial charge in [0.15, 0.2) is 0 Å². The summed E-state index contributed by atoms with van der Waals surface area (Å²) in [5, 5.41) is 9.19. The van der Waals surface area contributed by atoms with Gasteiger partial charge in [0.05, 0.1) is 5.69 Å². The van der Waals surface area contributed by atoms with Crippen molar-refractivity contribution in [2.24, 2.45) is 0 Å². The highest BCUT2D eigenvalue weighted by atomic mass is 32.2. The molecule has 116 valence electrons. The van der Waals surface area contributed by atoms with Crippen LogP contribution in [0.5, 0.6) is 0 Å². The smallest absolute Gasteiger partial charge is 0.322 e. The topological polar surface area (TPSA) is 86.7 Å². The van der Waals surface area contributed by atoms with Gasteiger partial charge in [-0.15, -0.1) is 0 Å². The normalized spacial score (nSPS) is 20.1. The molecule has 1 aromatic rings. The molecule has 0 bridgehead atoms. The van der Waals surface area contributed by atoms with Crippen molar-refractivity contribution < 1.29 is 18.3 Å². The minimum absolute atomic E-state index is 0.236. The molecule has 1 aliphatic heterocycles. The van der Waals surface area contributed by atoms with Gasteiger partial charge in [-0.25, -0.2) is 0 Å². The maximum absolute atomic E-state index is 12.4. The molecule has 0 radical (unpaired) electrons. The second-order valence-electron chi connectivity index (χ2n) is 5.12. The fourth-order valence-electron chi connectivity index (χ4n) is 2.50. The second-order valence-corrected chi connectivity index (χ2v) is 6.74. The van der Waals surface area contributed by atoms with Crippen LogP contribution < -0.4 is 4.72 Å². The van der Waals surface area contributed by atoms with Gasteiger partial charge in [0, 0.05) is 6.54 Å². The van der Waals surface area contributed by atoms with Gasteiger partial charge in [-0.1, -0.05) is 19.1 Å². The third kappa shape index (κ3) is 3.74. The fraction of sp³-hybridized carbons (Fsp3) is 0.500. The zero-order chi connectivity index (χ0) is 15.5. The summed E-state index contributed by atoms with van der Waals surface area (Å²) in [5.74, 6) is -1.10. The van der Waals surface area contributed by atoms with Gasteiger partial charge in [-0.2, -0.15) is 12.7 Å². The molecule has 0 spiro atoms. The van der Waals surface area contributed by atoms with Gasteiger partial charge >= 0.3 is 16.2 Å². The Morgan fingerprint density at radius 2 is 2.19 bits per heavy atom. The molecule has 0 amide bonds. The van der Waals surface area contributed by atoms with Crippen LogP contribution in [0.2, 0.25) is 0 Å². The molecular formula is C14H20N2O4S. The van der Waals surface area contributed by atoms with Crippen molar-refractivity contribution in [2.75, 3.05) is 11.3 Å². The van der Waals surface area contributed by atoms with Crippen LogP contribution in [-0.4, -0.2) is 36.4 Å². The fourth-order valence-corrected chi connectivity index (χ4v) is 3.94. The van der Waals surface area contributed by atoms with E-state index < -0.39 is 22.2 Å². The number of carbonyl (C=O) groups is 1. The van der Waals surface area contributed by atoms with Gasteiger partial charge in [0.25, 0.3) is 0 Å². The van der Waals surface area contributed by atoms with Crippen LogP contribution in [0.15, 0.2) is 24.3 Å². The molecule has 0 aromatic heterocycles. The lowest BCUT2D eigenvalue weighted by atomic mass is 10.1. The lowest BCUT2D eigenvalue weighted by Gasteiger charge is -2.31. The Bertz CT molecular complexity index is 615. The van der Waals surface area contributed by atoms with E-state index >= 15 is 0 Å². The highest BCUT2D eigenvalue weighted by Crippen LogP contribution is 2.22. The first kappa shape index (κ1) is 15.8. The molecule has 1 aliphatic rings. The molecule has 1 unspecified atom stereocenters. The number of hydrogen-bond acceptors (Lipinski definition) is 3. The number of hydrogen-bond donors (Lipinski definition) is 2. The van der Waals surface area contributed by atoms with E-state index in [0.717, 1.165) is 22.7 Å². The minimum Gasteiger partial charge on any atom is -0.480 e. The molecule has 1 aromatic carbocycles. The van der Waals surface area contributed by atoms with Crippen LogP contribution in [-0.2, 0) is 21.4 Å². The van der Waals surface area contributed by atoms with Crippen LogP contribution in [0.1, 0.15) is 31.7 Å². The maximum Gasteiger partial charge on any atom is 0.322 e. The van der Waals surface area contributed by atoms with Gasteiger partial charge < -0.3 is 5.11 Å². The molecule has 1 atom stereocenters. The second kappa shape index (κ2) is 6.44. The summed E-state index contributed by atoms with van der Waals surface area (Å²) in [6.07, 6.45) is 2.57. The van der Waals surface area contributed by atoms with Crippen LogP contribution >= 0.6 is 0 Å².